The Morgan fingerprint density at radius 2 is 1.70 bits per heavy atom. The number of amides is 1. The van der Waals surface area contributed by atoms with Crippen LogP contribution < -0.4 is 5.32 Å². The third-order valence-electron chi connectivity index (χ3n) is 5.62. The molecular weight excluding hydrogens is 430 g/mol. The van der Waals surface area contributed by atoms with Gasteiger partial charge in [-0.25, -0.2) is 17.2 Å². The fourth-order valence-electron chi connectivity index (χ4n) is 3.98. The molecule has 0 spiro atoms. The van der Waals surface area contributed by atoms with Crippen LogP contribution in [0.1, 0.15) is 30.9 Å². The Balaban J connectivity index is 1.40. The van der Waals surface area contributed by atoms with E-state index in [0.717, 1.165) is 17.4 Å². The van der Waals surface area contributed by atoms with E-state index in [1.807, 2.05) is 6.07 Å². The molecular formula is C21H22F2N2O3S2. The highest BCUT2D eigenvalue weighted by Crippen LogP contribution is 2.38. The fraction of sp³-hybridized carbons (Fsp3) is 0.381. The summed E-state index contributed by atoms with van der Waals surface area (Å²) in [5.74, 6) is -0.812. The minimum absolute atomic E-state index is 0.148. The number of piperidine rings is 1. The second kappa shape index (κ2) is 8.64. The first-order chi connectivity index (χ1) is 14.4. The van der Waals surface area contributed by atoms with Crippen LogP contribution in [0.4, 0.5) is 8.78 Å². The van der Waals surface area contributed by atoms with E-state index in [0.29, 0.717) is 24.2 Å². The van der Waals surface area contributed by atoms with Crippen LogP contribution in [0.25, 0.3) is 0 Å². The lowest BCUT2D eigenvalue weighted by Gasteiger charge is -2.32. The molecule has 2 aliphatic rings. The molecule has 0 bridgehead atoms. The monoisotopic (exact) mass is 452 g/mol. The van der Waals surface area contributed by atoms with E-state index in [4.69, 9.17) is 0 Å². The summed E-state index contributed by atoms with van der Waals surface area (Å²) in [6.07, 6.45) is 1.43. The van der Waals surface area contributed by atoms with E-state index in [9.17, 15) is 22.0 Å². The molecule has 1 atom stereocenters. The number of halogens is 2. The van der Waals surface area contributed by atoms with E-state index in [1.54, 1.807) is 6.07 Å². The molecule has 1 saturated heterocycles. The topological polar surface area (TPSA) is 66.5 Å². The van der Waals surface area contributed by atoms with Crippen molar-refractivity contribution < 1.29 is 22.0 Å². The second-order valence-corrected chi connectivity index (χ2v) is 10.5. The molecule has 1 unspecified atom stereocenters. The molecule has 2 aromatic carbocycles. The Hall–Kier alpha value is -1.97. The number of hydrogen-bond donors (Lipinski definition) is 1. The molecule has 0 aromatic heterocycles. The van der Waals surface area contributed by atoms with Gasteiger partial charge in [-0.1, -0.05) is 24.3 Å². The highest BCUT2D eigenvalue weighted by molar-refractivity contribution is 7.99. The van der Waals surface area contributed by atoms with Crippen molar-refractivity contribution in [2.45, 2.75) is 35.1 Å². The molecule has 2 aromatic rings. The largest absolute Gasteiger partial charge is 0.349 e. The number of sulfonamides is 1. The minimum atomic E-state index is -3.93. The lowest BCUT2D eigenvalue weighted by molar-refractivity contribution is -0.127. The van der Waals surface area contributed by atoms with Crippen LogP contribution in [0.2, 0.25) is 0 Å². The van der Waals surface area contributed by atoms with E-state index >= 15 is 0 Å². The molecule has 160 valence electrons. The number of thioether (sulfide) groups is 1. The highest BCUT2D eigenvalue weighted by atomic mass is 32.2. The first-order valence-corrected chi connectivity index (χ1v) is 12.3. The number of hydrogen-bond acceptors (Lipinski definition) is 4. The Kier molecular flexibility index (Phi) is 6.13. The standard InChI is InChI=1S/C21H22F2N2O3S2/c22-16-5-1-2-7-19(16)30(27,28)25-11-8-14(9-12-25)21(26)24-18-10-13-29-20-15(18)4-3-6-17(20)23/h1-7,14,18H,8-13H2,(H,24,26). The lowest BCUT2D eigenvalue weighted by Crippen LogP contribution is -2.44. The maximum absolute atomic E-state index is 14.0. The maximum Gasteiger partial charge on any atom is 0.245 e. The van der Waals surface area contributed by atoms with Crippen LogP contribution in [-0.2, 0) is 14.8 Å². The Morgan fingerprint density at radius 1 is 1.00 bits per heavy atom. The van der Waals surface area contributed by atoms with Gasteiger partial charge in [-0.15, -0.1) is 11.8 Å². The van der Waals surface area contributed by atoms with Gasteiger partial charge in [-0.2, -0.15) is 4.31 Å². The van der Waals surface area contributed by atoms with Gasteiger partial charge in [0.25, 0.3) is 0 Å². The Bertz CT molecular complexity index is 1050. The van der Waals surface area contributed by atoms with Gasteiger partial charge in [0.15, 0.2) is 0 Å². The summed E-state index contributed by atoms with van der Waals surface area (Å²) in [6.45, 7) is 0.307. The summed E-state index contributed by atoms with van der Waals surface area (Å²) in [5.41, 5.74) is 0.791. The molecule has 0 aliphatic carbocycles. The summed E-state index contributed by atoms with van der Waals surface area (Å²) in [7, 11) is -3.93. The zero-order chi connectivity index (χ0) is 21.3. The van der Waals surface area contributed by atoms with Crippen LogP contribution in [0.5, 0.6) is 0 Å². The average molecular weight is 453 g/mol. The summed E-state index contributed by atoms with van der Waals surface area (Å²) >= 11 is 1.45. The predicted molar refractivity (Wildman–Crippen MR) is 111 cm³/mol. The molecule has 2 aliphatic heterocycles. The van der Waals surface area contributed by atoms with Crippen molar-refractivity contribution in [2.24, 2.45) is 5.92 Å². The molecule has 30 heavy (non-hydrogen) atoms. The molecule has 0 saturated carbocycles. The molecule has 0 radical (unpaired) electrons. The van der Waals surface area contributed by atoms with Crippen molar-refractivity contribution in [3.8, 4) is 0 Å². The average Bonchev–Trinajstić information content (AvgIpc) is 2.75. The Morgan fingerprint density at radius 3 is 2.43 bits per heavy atom. The van der Waals surface area contributed by atoms with Gasteiger partial charge in [0, 0.05) is 29.7 Å². The molecule has 1 amide bonds. The van der Waals surface area contributed by atoms with Gasteiger partial charge in [-0.3, -0.25) is 4.79 Å². The van der Waals surface area contributed by atoms with Gasteiger partial charge in [0.1, 0.15) is 16.5 Å². The van der Waals surface area contributed by atoms with Crippen LogP contribution in [0.3, 0.4) is 0 Å². The lowest BCUT2D eigenvalue weighted by atomic mass is 9.95. The van der Waals surface area contributed by atoms with Gasteiger partial charge >= 0.3 is 0 Å². The zero-order valence-corrected chi connectivity index (χ0v) is 17.8. The molecule has 9 heteroatoms. The highest BCUT2D eigenvalue weighted by Gasteiger charge is 2.34. The summed E-state index contributed by atoms with van der Waals surface area (Å²) in [6, 6.07) is 9.95. The van der Waals surface area contributed by atoms with Crippen LogP contribution in [0.15, 0.2) is 52.3 Å². The number of rotatable bonds is 4. The summed E-state index contributed by atoms with van der Waals surface area (Å²) in [5, 5.41) is 3.02. The first kappa shape index (κ1) is 21.3. The van der Waals surface area contributed by atoms with Crippen molar-refractivity contribution in [2.75, 3.05) is 18.8 Å². The second-order valence-electron chi connectivity index (χ2n) is 7.47. The van der Waals surface area contributed by atoms with E-state index in [-0.39, 0.29) is 41.7 Å². The quantitative estimate of drug-likeness (QED) is 0.768. The van der Waals surface area contributed by atoms with Crippen LogP contribution >= 0.6 is 11.8 Å². The number of nitrogens with one attached hydrogen (secondary N) is 1. The number of fused-ring (bicyclic) bond motifs is 1. The SMILES string of the molecule is O=C(NC1CCSc2c(F)cccc21)C1CCN(S(=O)(=O)c2ccccc2F)CC1. The van der Waals surface area contributed by atoms with E-state index in [1.165, 1.54) is 40.3 Å². The van der Waals surface area contributed by atoms with Crippen LogP contribution in [-0.4, -0.2) is 37.5 Å². The normalized spacial score (nSPS) is 20.5. The third-order valence-corrected chi connectivity index (χ3v) is 8.71. The van der Waals surface area contributed by atoms with Crippen molar-refractivity contribution in [3.63, 3.8) is 0 Å². The number of nitrogens with zero attached hydrogens (tertiary/aromatic N) is 1. The van der Waals surface area contributed by atoms with Gasteiger partial charge in [0.2, 0.25) is 15.9 Å². The number of carbonyl (C=O) groups is 1. The molecule has 4 rings (SSSR count). The fourth-order valence-corrected chi connectivity index (χ4v) is 6.65. The summed E-state index contributed by atoms with van der Waals surface area (Å²) < 4.78 is 54.7. The maximum atomic E-state index is 14.0. The van der Waals surface area contributed by atoms with Crippen molar-refractivity contribution >= 4 is 27.7 Å². The van der Waals surface area contributed by atoms with Gasteiger partial charge < -0.3 is 5.32 Å². The van der Waals surface area contributed by atoms with E-state index in [2.05, 4.69) is 5.32 Å². The van der Waals surface area contributed by atoms with Crippen molar-refractivity contribution in [3.05, 3.63) is 59.7 Å². The smallest absolute Gasteiger partial charge is 0.245 e. The van der Waals surface area contributed by atoms with E-state index < -0.39 is 15.8 Å². The molecule has 5 nitrogen and oxygen atoms in total. The minimum Gasteiger partial charge on any atom is -0.349 e. The van der Waals surface area contributed by atoms with Crippen molar-refractivity contribution in [1.82, 2.24) is 9.62 Å². The first-order valence-electron chi connectivity index (χ1n) is 9.84. The summed E-state index contributed by atoms with van der Waals surface area (Å²) in [4.78, 5) is 13.0. The van der Waals surface area contributed by atoms with Gasteiger partial charge in [-0.05, 0) is 43.0 Å². The van der Waals surface area contributed by atoms with Crippen molar-refractivity contribution in [1.29, 1.82) is 0 Å². The molecule has 2 heterocycles. The predicted octanol–water partition coefficient (Wildman–Crippen LogP) is 3.72. The zero-order valence-electron chi connectivity index (χ0n) is 16.2. The molecule has 1 N–H and O–H groups in total. The number of benzene rings is 2. The number of carbonyl (C=O) groups excluding carboxylic acids is 1. The van der Waals surface area contributed by atoms with Crippen LogP contribution in [0, 0.1) is 17.6 Å². The Labute approximate surface area is 178 Å². The van der Waals surface area contributed by atoms with Gasteiger partial charge in [0.05, 0.1) is 6.04 Å². The third kappa shape index (κ3) is 4.10. The molecule has 1 fully saturated rings.